The topological polar surface area (TPSA) is 63.2 Å². The van der Waals surface area contributed by atoms with Crippen LogP contribution < -0.4 is 15.0 Å². The predicted octanol–water partition coefficient (Wildman–Crippen LogP) is 5.26. The lowest BCUT2D eigenvalue weighted by Gasteiger charge is -2.31. The summed E-state index contributed by atoms with van der Waals surface area (Å²) in [5, 5.41) is 11.0. The van der Waals surface area contributed by atoms with Gasteiger partial charge in [-0.25, -0.2) is 9.37 Å². The minimum atomic E-state index is -2.88. The highest BCUT2D eigenvalue weighted by Gasteiger charge is 2.18. The number of rotatable bonds is 6. The summed E-state index contributed by atoms with van der Waals surface area (Å²) >= 11 is 0. The molecule has 9 heteroatoms. The fourth-order valence-corrected chi connectivity index (χ4v) is 3.49. The van der Waals surface area contributed by atoms with Gasteiger partial charge in [0.2, 0.25) is 0 Å². The van der Waals surface area contributed by atoms with Gasteiger partial charge in [0.25, 0.3) is 0 Å². The van der Waals surface area contributed by atoms with Crippen LogP contribution in [0.25, 0.3) is 11.1 Å². The molecule has 1 N–H and O–H groups in total. The Balaban J connectivity index is 1.52. The molecule has 6 nitrogen and oxygen atoms in total. The Morgan fingerprint density at radius 2 is 1.81 bits per heavy atom. The van der Waals surface area contributed by atoms with Crippen molar-refractivity contribution in [2.45, 2.75) is 26.4 Å². The molecule has 0 amide bonds. The van der Waals surface area contributed by atoms with Crippen LogP contribution in [-0.2, 0) is 0 Å². The largest absolute Gasteiger partial charge is 0.435 e. The van der Waals surface area contributed by atoms with E-state index in [2.05, 4.69) is 37.1 Å². The maximum absolute atomic E-state index is 14.4. The van der Waals surface area contributed by atoms with Gasteiger partial charge in [-0.15, -0.1) is 5.10 Å². The van der Waals surface area contributed by atoms with E-state index in [1.807, 2.05) is 0 Å². The smallest absolute Gasteiger partial charge is 0.387 e. The van der Waals surface area contributed by atoms with E-state index in [1.54, 1.807) is 24.3 Å². The van der Waals surface area contributed by atoms with E-state index in [0.717, 1.165) is 37.3 Å². The number of nitrogens with one attached hydrogen (secondary N) is 1. The van der Waals surface area contributed by atoms with Crippen LogP contribution in [0.5, 0.6) is 5.75 Å². The molecule has 1 aromatic carbocycles. The molecule has 1 aliphatic rings. The summed E-state index contributed by atoms with van der Waals surface area (Å²) in [4.78, 5) is 6.38. The van der Waals surface area contributed by atoms with E-state index in [4.69, 9.17) is 0 Å². The molecule has 4 rings (SSSR count). The zero-order valence-electron chi connectivity index (χ0n) is 16.9. The highest BCUT2D eigenvalue weighted by atomic mass is 19.3. The fourth-order valence-electron chi connectivity index (χ4n) is 3.49. The first-order valence-electron chi connectivity index (χ1n) is 10.0. The second-order valence-electron chi connectivity index (χ2n) is 7.55. The van der Waals surface area contributed by atoms with Gasteiger partial charge >= 0.3 is 6.61 Å². The van der Waals surface area contributed by atoms with E-state index < -0.39 is 12.4 Å². The molecule has 3 heterocycles. The zero-order valence-corrected chi connectivity index (χ0v) is 16.9. The number of anilines is 3. The molecule has 2 aromatic heterocycles. The van der Waals surface area contributed by atoms with Gasteiger partial charge in [-0.1, -0.05) is 19.1 Å². The molecular formula is C22H22F3N5O. The minimum Gasteiger partial charge on any atom is -0.435 e. The second-order valence-corrected chi connectivity index (χ2v) is 7.55. The summed E-state index contributed by atoms with van der Waals surface area (Å²) in [6.45, 7) is 1.13. The first-order chi connectivity index (χ1) is 15.0. The average molecular weight is 429 g/mol. The molecule has 1 aliphatic heterocycles. The lowest BCUT2D eigenvalue weighted by molar-refractivity contribution is -0.0498. The third kappa shape index (κ3) is 5.22. The van der Waals surface area contributed by atoms with Gasteiger partial charge in [0, 0.05) is 24.7 Å². The fraction of sp³-hybridized carbons (Fsp3) is 0.318. The van der Waals surface area contributed by atoms with Crippen LogP contribution in [0.2, 0.25) is 0 Å². The molecule has 162 valence electrons. The van der Waals surface area contributed by atoms with Crippen molar-refractivity contribution in [2.75, 3.05) is 23.3 Å². The molecule has 1 saturated heterocycles. The van der Waals surface area contributed by atoms with Crippen molar-refractivity contribution in [1.29, 1.82) is 0 Å². The van der Waals surface area contributed by atoms with Crippen LogP contribution in [-0.4, -0.2) is 34.9 Å². The maximum atomic E-state index is 14.4. The third-order valence-corrected chi connectivity index (χ3v) is 5.28. The van der Waals surface area contributed by atoms with E-state index in [9.17, 15) is 13.2 Å². The van der Waals surface area contributed by atoms with Crippen LogP contribution in [0.4, 0.5) is 30.5 Å². The Bertz CT molecular complexity index is 1020. The Kier molecular flexibility index (Phi) is 6.20. The van der Waals surface area contributed by atoms with Crippen LogP contribution in [0.1, 0.15) is 19.8 Å². The molecule has 0 radical (unpaired) electrons. The zero-order chi connectivity index (χ0) is 21.8. The van der Waals surface area contributed by atoms with Gasteiger partial charge in [0.15, 0.2) is 11.6 Å². The van der Waals surface area contributed by atoms with E-state index in [1.165, 1.54) is 24.5 Å². The SMILES string of the molecule is CC1CCN(c2cc(Nc3cc(-c4ccc(OC(F)F)cc4)cnn3)c(F)cn2)CC1. The number of pyridine rings is 1. The molecule has 31 heavy (non-hydrogen) atoms. The molecule has 0 spiro atoms. The van der Waals surface area contributed by atoms with Gasteiger partial charge in [-0.3, -0.25) is 0 Å². The molecule has 1 fully saturated rings. The maximum Gasteiger partial charge on any atom is 0.387 e. The van der Waals surface area contributed by atoms with Crippen molar-refractivity contribution in [2.24, 2.45) is 5.92 Å². The molecule has 0 unspecified atom stereocenters. The van der Waals surface area contributed by atoms with Crippen molar-refractivity contribution in [3.63, 3.8) is 0 Å². The van der Waals surface area contributed by atoms with Crippen molar-refractivity contribution >= 4 is 17.3 Å². The Morgan fingerprint density at radius 3 is 2.52 bits per heavy atom. The van der Waals surface area contributed by atoms with Crippen molar-refractivity contribution < 1.29 is 17.9 Å². The Hall–Kier alpha value is -3.36. The van der Waals surface area contributed by atoms with Crippen LogP contribution in [0.15, 0.2) is 48.8 Å². The van der Waals surface area contributed by atoms with Crippen LogP contribution >= 0.6 is 0 Å². The van der Waals surface area contributed by atoms with Gasteiger partial charge in [0.1, 0.15) is 11.6 Å². The Morgan fingerprint density at radius 1 is 1.06 bits per heavy atom. The summed E-state index contributed by atoms with van der Waals surface area (Å²) in [5.74, 6) is 1.33. The van der Waals surface area contributed by atoms with E-state index in [0.29, 0.717) is 17.3 Å². The summed E-state index contributed by atoms with van der Waals surface area (Å²) in [7, 11) is 0. The van der Waals surface area contributed by atoms with Crippen molar-refractivity contribution in [1.82, 2.24) is 15.2 Å². The minimum absolute atomic E-state index is 0.0672. The first kappa shape index (κ1) is 20.9. The number of aromatic nitrogens is 3. The lowest BCUT2D eigenvalue weighted by atomic mass is 9.99. The summed E-state index contributed by atoms with van der Waals surface area (Å²) < 4.78 is 43.4. The number of halogens is 3. The molecule has 0 aliphatic carbocycles. The lowest BCUT2D eigenvalue weighted by Crippen LogP contribution is -2.33. The monoisotopic (exact) mass is 429 g/mol. The molecule has 0 atom stereocenters. The quantitative estimate of drug-likeness (QED) is 0.577. The van der Waals surface area contributed by atoms with E-state index in [-0.39, 0.29) is 11.4 Å². The number of alkyl halides is 2. The molecule has 3 aromatic rings. The van der Waals surface area contributed by atoms with Crippen molar-refractivity contribution in [3.8, 4) is 16.9 Å². The van der Waals surface area contributed by atoms with Gasteiger partial charge in [-0.05, 0) is 42.5 Å². The standard InChI is InChI=1S/C22H22F3N5O/c1-14-6-8-30(9-7-14)21-11-19(18(23)13-26-21)28-20-10-16(12-27-29-20)15-2-4-17(5-3-15)31-22(24)25/h2-5,10-14,22H,6-9H2,1H3,(H,26,28,29). The number of nitrogens with zero attached hydrogens (tertiary/aromatic N) is 4. The average Bonchev–Trinajstić information content (AvgIpc) is 2.76. The number of benzene rings is 1. The molecular weight excluding hydrogens is 407 g/mol. The number of piperidine rings is 1. The van der Waals surface area contributed by atoms with Crippen molar-refractivity contribution in [3.05, 3.63) is 54.6 Å². The van der Waals surface area contributed by atoms with Gasteiger partial charge in [0.05, 0.1) is 18.1 Å². The normalized spacial score (nSPS) is 14.7. The first-order valence-corrected chi connectivity index (χ1v) is 10.0. The number of hydrogen-bond donors (Lipinski definition) is 1. The summed E-state index contributed by atoms with van der Waals surface area (Å²) in [6.07, 6.45) is 4.90. The van der Waals surface area contributed by atoms with E-state index >= 15 is 0 Å². The third-order valence-electron chi connectivity index (χ3n) is 5.28. The van der Waals surface area contributed by atoms with Crippen LogP contribution in [0, 0.1) is 11.7 Å². The number of ether oxygens (including phenoxy) is 1. The van der Waals surface area contributed by atoms with Crippen LogP contribution in [0.3, 0.4) is 0 Å². The second kappa shape index (κ2) is 9.20. The van der Waals surface area contributed by atoms with Gasteiger partial charge < -0.3 is 15.0 Å². The van der Waals surface area contributed by atoms with Gasteiger partial charge in [-0.2, -0.15) is 13.9 Å². The molecule has 0 saturated carbocycles. The summed E-state index contributed by atoms with van der Waals surface area (Å²) in [5.41, 5.74) is 1.69. The Labute approximate surface area is 178 Å². The highest BCUT2D eigenvalue weighted by molar-refractivity contribution is 5.69. The molecule has 0 bridgehead atoms. The predicted molar refractivity (Wildman–Crippen MR) is 112 cm³/mol. The highest BCUT2D eigenvalue weighted by Crippen LogP contribution is 2.28. The number of hydrogen-bond acceptors (Lipinski definition) is 6. The summed E-state index contributed by atoms with van der Waals surface area (Å²) in [6, 6.07) is 9.56.